The van der Waals surface area contributed by atoms with Crippen LogP contribution in [-0.4, -0.2) is 46.9 Å². The second-order valence-electron chi connectivity index (χ2n) is 8.45. The van der Waals surface area contributed by atoms with Gasteiger partial charge in [-0.3, -0.25) is 9.69 Å². The molecule has 4 heteroatoms. The predicted molar refractivity (Wildman–Crippen MR) is 130 cm³/mol. The molecule has 32 heavy (non-hydrogen) atoms. The molecule has 1 aliphatic heterocycles. The van der Waals surface area contributed by atoms with Crippen molar-refractivity contribution in [2.24, 2.45) is 0 Å². The van der Waals surface area contributed by atoms with Gasteiger partial charge in [0.05, 0.1) is 16.8 Å². The summed E-state index contributed by atoms with van der Waals surface area (Å²) in [4.78, 5) is 23.0. The molecule has 3 aromatic carbocycles. The number of rotatable bonds is 4. The minimum atomic E-state index is 0.0968. The number of carbonyl (C=O) groups excluding carboxylic acids is 1. The Kier molecular flexibility index (Phi) is 5.70. The first-order valence-electron chi connectivity index (χ1n) is 11.2. The van der Waals surface area contributed by atoms with Crippen molar-refractivity contribution < 1.29 is 4.79 Å². The van der Waals surface area contributed by atoms with Gasteiger partial charge < -0.3 is 4.90 Å². The minimum Gasteiger partial charge on any atom is -0.336 e. The molecule has 1 saturated heterocycles. The Bertz CT molecular complexity index is 1230. The third-order valence-electron chi connectivity index (χ3n) is 6.25. The van der Waals surface area contributed by atoms with Gasteiger partial charge in [-0.05, 0) is 24.1 Å². The van der Waals surface area contributed by atoms with Gasteiger partial charge in [-0.25, -0.2) is 4.98 Å². The van der Waals surface area contributed by atoms with E-state index >= 15 is 0 Å². The number of hydrogen-bond acceptors (Lipinski definition) is 3. The fourth-order valence-electron chi connectivity index (χ4n) is 4.45. The van der Waals surface area contributed by atoms with E-state index in [4.69, 9.17) is 4.98 Å². The number of para-hydroxylation sites is 1. The summed E-state index contributed by atoms with van der Waals surface area (Å²) in [7, 11) is 0. The number of hydrogen-bond donors (Lipinski definition) is 0. The van der Waals surface area contributed by atoms with E-state index in [1.54, 1.807) is 0 Å². The topological polar surface area (TPSA) is 36.4 Å². The van der Waals surface area contributed by atoms with Crippen LogP contribution in [0.5, 0.6) is 0 Å². The van der Waals surface area contributed by atoms with Crippen LogP contribution in [0.2, 0.25) is 0 Å². The Morgan fingerprint density at radius 1 is 0.844 bits per heavy atom. The Morgan fingerprint density at radius 3 is 2.25 bits per heavy atom. The zero-order chi connectivity index (χ0) is 21.9. The van der Waals surface area contributed by atoms with E-state index < -0.39 is 0 Å². The fourth-order valence-corrected chi connectivity index (χ4v) is 4.45. The highest BCUT2D eigenvalue weighted by molar-refractivity contribution is 6.07. The predicted octanol–water partition coefficient (Wildman–Crippen LogP) is 5.17. The maximum absolute atomic E-state index is 13.7. The van der Waals surface area contributed by atoms with Crippen LogP contribution >= 0.6 is 0 Å². The maximum atomic E-state index is 13.7. The highest BCUT2D eigenvalue weighted by Crippen LogP contribution is 2.28. The monoisotopic (exact) mass is 421 g/mol. The number of benzene rings is 3. The molecule has 0 saturated carbocycles. The molecule has 0 atom stereocenters. The number of carbonyl (C=O) groups is 1. The molecule has 1 fully saturated rings. The number of aryl methyl sites for hydroxylation is 1. The van der Waals surface area contributed by atoms with Gasteiger partial charge in [0, 0.05) is 43.7 Å². The number of amides is 1. The average Bonchev–Trinajstić information content (AvgIpc) is 2.85. The summed E-state index contributed by atoms with van der Waals surface area (Å²) in [6, 6.07) is 28.7. The molecule has 2 heterocycles. The molecule has 5 rings (SSSR count). The number of pyridine rings is 1. The number of fused-ring (bicyclic) bond motifs is 1. The Balaban J connectivity index is 1.41. The Labute approximate surface area is 189 Å². The van der Waals surface area contributed by atoms with Crippen molar-refractivity contribution in [2.75, 3.05) is 26.2 Å². The lowest BCUT2D eigenvalue weighted by Crippen LogP contribution is -2.48. The molecule has 0 N–H and O–H groups in total. The van der Waals surface area contributed by atoms with Crippen molar-refractivity contribution in [3.63, 3.8) is 0 Å². The van der Waals surface area contributed by atoms with Crippen molar-refractivity contribution >= 4 is 16.8 Å². The SMILES string of the molecule is Cc1cccc2c(C(=O)N3CCN(Cc4ccccc4)CC3)cc(-c3ccccc3)nc12. The van der Waals surface area contributed by atoms with Gasteiger partial charge in [-0.2, -0.15) is 0 Å². The van der Waals surface area contributed by atoms with E-state index in [-0.39, 0.29) is 5.91 Å². The van der Waals surface area contributed by atoms with Gasteiger partial charge in [0.25, 0.3) is 5.91 Å². The highest BCUT2D eigenvalue weighted by atomic mass is 16.2. The van der Waals surface area contributed by atoms with Crippen molar-refractivity contribution in [3.8, 4) is 11.3 Å². The van der Waals surface area contributed by atoms with E-state index in [0.717, 1.165) is 66.0 Å². The van der Waals surface area contributed by atoms with Crippen molar-refractivity contribution in [2.45, 2.75) is 13.5 Å². The van der Waals surface area contributed by atoms with Crippen LogP contribution in [0.15, 0.2) is 84.9 Å². The molecule has 0 radical (unpaired) electrons. The first-order valence-corrected chi connectivity index (χ1v) is 11.2. The van der Waals surface area contributed by atoms with Crippen molar-refractivity contribution in [1.82, 2.24) is 14.8 Å². The second kappa shape index (κ2) is 8.93. The quantitative estimate of drug-likeness (QED) is 0.456. The van der Waals surface area contributed by atoms with E-state index in [1.165, 1.54) is 5.56 Å². The molecule has 0 spiro atoms. The van der Waals surface area contributed by atoms with Gasteiger partial charge >= 0.3 is 0 Å². The summed E-state index contributed by atoms with van der Waals surface area (Å²) >= 11 is 0. The van der Waals surface area contributed by atoms with Crippen LogP contribution in [0.4, 0.5) is 0 Å². The lowest BCUT2D eigenvalue weighted by molar-refractivity contribution is 0.0630. The second-order valence-corrected chi connectivity index (χ2v) is 8.45. The number of piperazine rings is 1. The van der Waals surface area contributed by atoms with Gasteiger partial charge in [-0.15, -0.1) is 0 Å². The van der Waals surface area contributed by atoms with Crippen LogP contribution in [0.3, 0.4) is 0 Å². The Hall–Kier alpha value is -3.50. The summed E-state index contributed by atoms with van der Waals surface area (Å²) < 4.78 is 0. The third-order valence-corrected chi connectivity index (χ3v) is 6.25. The number of nitrogens with zero attached hydrogens (tertiary/aromatic N) is 3. The zero-order valence-electron chi connectivity index (χ0n) is 18.4. The molecule has 0 aliphatic carbocycles. The summed E-state index contributed by atoms with van der Waals surface area (Å²) in [6.07, 6.45) is 0. The van der Waals surface area contributed by atoms with E-state index in [1.807, 2.05) is 59.5 Å². The molecular weight excluding hydrogens is 394 g/mol. The fraction of sp³-hybridized carbons (Fsp3) is 0.214. The zero-order valence-corrected chi connectivity index (χ0v) is 18.4. The molecule has 4 nitrogen and oxygen atoms in total. The van der Waals surface area contributed by atoms with E-state index in [2.05, 4.69) is 42.2 Å². The maximum Gasteiger partial charge on any atom is 0.254 e. The van der Waals surface area contributed by atoms with Crippen LogP contribution in [0.25, 0.3) is 22.2 Å². The Morgan fingerprint density at radius 2 is 1.53 bits per heavy atom. The first kappa shape index (κ1) is 20.4. The van der Waals surface area contributed by atoms with Crippen LogP contribution in [0, 0.1) is 6.92 Å². The third kappa shape index (κ3) is 4.14. The van der Waals surface area contributed by atoms with Crippen LogP contribution < -0.4 is 0 Å². The summed E-state index contributed by atoms with van der Waals surface area (Å²) in [5.74, 6) is 0.0968. The van der Waals surface area contributed by atoms with E-state index in [0.29, 0.717) is 0 Å². The van der Waals surface area contributed by atoms with Crippen LogP contribution in [0.1, 0.15) is 21.5 Å². The normalized spacial score (nSPS) is 14.6. The van der Waals surface area contributed by atoms with E-state index in [9.17, 15) is 4.79 Å². The molecule has 0 unspecified atom stereocenters. The summed E-state index contributed by atoms with van der Waals surface area (Å²) in [6.45, 7) is 6.23. The lowest BCUT2D eigenvalue weighted by Gasteiger charge is -2.35. The molecule has 160 valence electrons. The largest absolute Gasteiger partial charge is 0.336 e. The van der Waals surface area contributed by atoms with Gasteiger partial charge in [0.1, 0.15) is 0 Å². The summed E-state index contributed by atoms with van der Waals surface area (Å²) in [5, 5.41) is 0.932. The van der Waals surface area contributed by atoms with Gasteiger partial charge in [0.2, 0.25) is 0 Å². The van der Waals surface area contributed by atoms with Crippen molar-refractivity contribution in [3.05, 3.63) is 102 Å². The van der Waals surface area contributed by atoms with Gasteiger partial charge in [0.15, 0.2) is 0 Å². The lowest BCUT2D eigenvalue weighted by atomic mass is 10.0. The van der Waals surface area contributed by atoms with Crippen LogP contribution in [-0.2, 0) is 6.54 Å². The van der Waals surface area contributed by atoms with Gasteiger partial charge in [-0.1, -0.05) is 78.9 Å². The first-order chi connectivity index (χ1) is 15.7. The van der Waals surface area contributed by atoms with Crippen molar-refractivity contribution in [1.29, 1.82) is 0 Å². The molecule has 4 aromatic rings. The molecular formula is C28H27N3O. The average molecular weight is 422 g/mol. The smallest absolute Gasteiger partial charge is 0.254 e. The minimum absolute atomic E-state index is 0.0968. The number of aromatic nitrogens is 1. The molecule has 1 aromatic heterocycles. The molecule has 1 aliphatic rings. The standard InChI is InChI=1S/C28H27N3O/c1-21-9-8-14-24-25(19-26(29-27(21)24)23-12-6-3-7-13-23)28(32)31-17-15-30(16-18-31)20-22-10-4-2-5-11-22/h2-14,19H,15-18,20H2,1H3. The highest BCUT2D eigenvalue weighted by Gasteiger charge is 2.24. The molecule has 0 bridgehead atoms. The summed E-state index contributed by atoms with van der Waals surface area (Å²) in [5.41, 5.74) is 5.92. The molecule has 1 amide bonds.